The maximum atomic E-state index is 12.0. The summed E-state index contributed by atoms with van der Waals surface area (Å²) >= 11 is 0. The molecule has 0 amide bonds. The standard InChI is InChI=1S/C13H12N2O/c1-8-7-11(16)12-9-5-3-4-6-10(9)15(2)13(12)14-8/h3-7H,1-2H3,(H,14,16). The van der Waals surface area contributed by atoms with E-state index in [1.54, 1.807) is 6.07 Å². The third-order valence-corrected chi connectivity index (χ3v) is 3.02. The van der Waals surface area contributed by atoms with E-state index in [9.17, 15) is 4.79 Å². The predicted octanol–water partition coefficient (Wildman–Crippen LogP) is 2.33. The van der Waals surface area contributed by atoms with E-state index in [1.165, 1.54) is 0 Å². The van der Waals surface area contributed by atoms with E-state index >= 15 is 0 Å². The van der Waals surface area contributed by atoms with Gasteiger partial charge in [0.15, 0.2) is 5.43 Å². The Labute approximate surface area is 92.3 Å². The Balaban J connectivity index is 2.73. The number of fused-ring (bicyclic) bond motifs is 3. The topological polar surface area (TPSA) is 37.8 Å². The van der Waals surface area contributed by atoms with Crippen molar-refractivity contribution in [2.45, 2.75) is 6.92 Å². The van der Waals surface area contributed by atoms with Gasteiger partial charge in [0.05, 0.1) is 10.9 Å². The Morgan fingerprint density at radius 1 is 1.25 bits per heavy atom. The lowest BCUT2D eigenvalue weighted by Gasteiger charge is -1.98. The molecule has 2 heterocycles. The van der Waals surface area contributed by atoms with Gasteiger partial charge in [-0.15, -0.1) is 0 Å². The minimum Gasteiger partial charge on any atom is -0.345 e. The number of nitrogens with one attached hydrogen (secondary N) is 1. The van der Waals surface area contributed by atoms with Crippen LogP contribution in [0.4, 0.5) is 0 Å². The van der Waals surface area contributed by atoms with E-state index in [4.69, 9.17) is 0 Å². The Bertz CT molecular complexity index is 750. The average molecular weight is 212 g/mol. The van der Waals surface area contributed by atoms with E-state index < -0.39 is 0 Å². The summed E-state index contributed by atoms with van der Waals surface area (Å²) < 4.78 is 2.03. The van der Waals surface area contributed by atoms with Gasteiger partial charge in [-0.05, 0) is 13.0 Å². The number of hydrogen-bond donors (Lipinski definition) is 1. The molecular weight excluding hydrogens is 200 g/mol. The van der Waals surface area contributed by atoms with Crippen molar-refractivity contribution in [1.29, 1.82) is 0 Å². The van der Waals surface area contributed by atoms with Gasteiger partial charge in [0, 0.05) is 24.2 Å². The first-order chi connectivity index (χ1) is 7.68. The van der Waals surface area contributed by atoms with Gasteiger partial charge in [-0.25, -0.2) is 0 Å². The summed E-state index contributed by atoms with van der Waals surface area (Å²) in [4.78, 5) is 15.2. The van der Waals surface area contributed by atoms with Crippen LogP contribution in [0, 0.1) is 6.92 Å². The molecule has 80 valence electrons. The lowest BCUT2D eigenvalue weighted by Crippen LogP contribution is -2.03. The number of aromatic amines is 1. The molecular formula is C13H12N2O. The maximum absolute atomic E-state index is 12.0. The van der Waals surface area contributed by atoms with Crippen LogP contribution in [0.25, 0.3) is 21.9 Å². The molecule has 0 bridgehead atoms. The van der Waals surface area contributed by atoms with Crippen LogP contribution in [0.15, 0.2) is 35.1 Å². The third kappa shape index (κ3) is 1.05. The molecule has 16 heavy (non-hydrogen) atoms. The Kier molecular flexibility index (Phi) is 1.72. The summed E-state index contributed by atoms with van der Waals surface area (Å²) in [7, 11) is 1.97. The van der Waals surface area contributed by atoms with Gasteiger partial charge in [-0.1, -0.05) is 18.2 Å². The number of nitrogens with zero attached hydrogens (tertiary/aromatic N) is 1. The van der Waals surface area contributed by atoms with Crippen LogP contribution in [-0.2, 0) is 7.05 Å². The minimum atomic E-state index is 0.0862. The monoisotopic (exact) mass is 212 g/mol. The largest absolute Gasteiger partial charge is 0.345 e. The van der Waals surface area contributed by atoms with Crippen molar-refractivity contribution < 1.29 is 0 Å². The predicted molar refractivity (Wildman–Crippen MR) is 65.8 cm³/mol. The molecule has 3 nitrogen and oxygen atoms in total. The van der Waals surface area contributed by atoms with Crippen LogP contribution in [-0.4, -0.2) is 9.55 Å². The first-order valence-corrected chi connectivity index (χ1v) is 5.25. The summed E-state index contributed by atoms with van der Waals surface area (Å²) in [6.45, 7) is 1.90. The van der Waals surface area contributed by atoms with E-state index in [0.717, 1.165) is 27.6 Å². The van der Waals surface area contributed by atoms with Crippen molar-refractivity contribution in [2.75, 3.05) is 0 Å². The third-order valence-electron chi connectivity index (χ3n) is 3.02. The van der Waals surface area contributed by atoms with Crippen molar-refractivity contribution in [3.05, 3.63) is 46.2 Å². The van der Waals surface area contributed by atoms with E-state index in [1.807, 2.05) is 42.8 Å². The molecule has 0 unspecified atom stereocenters. The molecule has 0 aliphatic heterocycles. The molecule has 3 rings (SSSR count). The lowest BCUT2D eigenvalue weighted by atomic mass is 10.2. The zero-order chi connectivity index (χ0) is 11.3. The summed E-state index contributed by atoms with van der Waals surface area (Å²) in [6, 6.07) is 9.61. The lowest BCUT2D eigenvalue weighted by molar-refractivity contribution is 0.981. The molecule has 0 aliphatic rings. The van der Waals surface area contributed by atoms with Gasteiger partial charge in [0.1, 0.15) is 5.65 Å². The van der Waals surface area contributed by atoms with E-state index in [2.05, 4.69) is 4.98 Å². The normalized spacial score (nSPS) is 11.4. The molecule has 3 heteroatoms. The summed E-state index contributed by atoms with van der Waals surface area (Å²) in [6.07, 6.45) is 0. The average Bonchev–Trinajstić information content (AvgIpc) is 2.54. The smallest absolute Gasteiger partial charge is 0.191 e. The second kappa shape index (κ2) is 2.98. The molecule has 1 aromatic carbocycles. The summed E-state index contributed by atoms with van der Waals surface area (Å²) in [5.74, 6) is 0. The van der Waals surface area contributed by atoms with Crippen LogP contribution in [0.5, 0.6) is 0 Å². The first-order valence-electron chi connectivity index (χ1n) is 5.25. The zero-order valence-electron chi connectivity index (χ0n) is 9.24. The van der Waals surface area contributed by atoms with Crippen molar-refractivity contribution >= 4 is 21.9 Å². The number of aryl methyl sites for hydroxylation is 2. The fourth-order valence-electron chi connectivity index (χ4n) is 2.28. The number of aromatic nitrogens is 2. The molecule has 2 aromatic heterocycles. The second-order valence-electron chi connectivity index (χ2n) is 4.12. The number of benzene rings is 1. The summed E-state index contributed by atoms with van der Waals surface area (Å²) in [5.41, 5.74) is 2.95. The number of para-hydroxylation sites is 1. The number of pyridine rings is 1. The molecule has 0 saturated heterocycles. The molecule has 0 radical (unpaired) electrons. The Morgan fingerprint density at radius 2 is 2.00 bits per heavy atom. The number of hydrogen-bond acceptors (Lipinski definition) is 1. The van der Waals surface area contributed by atoms with Crippen molar-refractivity contribution in [3.63, 3.8) is 0 Å². The highest BCUT2D eigenvalue weighted by molar-refractivity contribution is 6.06. The van der Waals surface area contributed by atoms with Crippen molar-refractivity contribution in [1.82, 2.24) is 9.55 Å². The highest BCUT2D eigenvalue weighted by atomic mass is 16.1. The molecule has 1 N–H and O–H groups in total. The molecule has 0 aliphatic carbocycles. The van der Waals surface area contributed by atoms with Crippen molar-refractivity contribution in [3.8, 4) is 0 Å². The Hall–Kier alpha value is -2.03. The van der Waals surface area contributed by atoms with Gasteiger partial charge in [-0.2, -0.15) is 0 Å². The second-order valence-corrected chi connectivity index (χ2v) is 4.12. The molecule has 3 aromatic rings. The molecule has 0 saturated carbocycles. The van der Waals surface area contributed by atoms with Crippen molar-refractivity contribution in [2.24, 2.45) is 7.05 Å². The van der Waals surface area contributed by atoms with E-state index in [0.29, 0.717) is 0 Å². The minimum absolute atomic E-state index is 0.0862. The first kappa shape index (κ1) is 9.21. The van der Waals surface area contributed by atoms with Gasteiger partial charge in [0.25, 0.3) is 0 Å². The van der Waals surface area contributed by atoms with Crippen LogP contribution in [0.2, 0.25) is 0 Å². The van der Waals surface area contributed by atoms with Crippen LogP contribution in [0.3, 0.4) is 0 Å². The molecule has 0 spiro atoms. The quantitative estimate of drug-likeness (QED) is 0.610. The molecule has 0 atom stereocenters. The highest BCUT2D eigenvalue weighted by Gasteiger charge is 2.10. The van der Waals surface area contributed by atoms with Gasteiger partial charge < -0.3 is 9.55 Å². The van der Waals surface area contributed by atoms with E-state index in [-0.39, 0.29) is 5.43 Å². The molecule has 0 fully saturated rings. The fraction of sp³-hybridized carbons (Fsp3) is 0.154. The van der Waals surface area contributed by atoms with Crippen LogP contribution in [0.1, 0.15) is 5.69 Å². The van der Waals surface area contributed by atoms with Gasteiger partial charge >= 0.3 is 0 Å². The maximum Gasteiger partial charge on any atom is 0.191 e. The van der Waals surface area contributed by atoms with Crippen LogP contribution >= 0.6 is 0 Å². The van der Waals surface area contributed by atoms with Crippen LogP contribution < -0.4 is 5.43 Å². The summed E-state index contributed by atoms with van der Waals surface area (Å²) in [5, 5.41) is 1.80. The zero-order valence-corrected chi connectivity index (χ0v) is 9.24. The van der Waals surface area contributed by atoms with Gasteiger partial charge in [0.2, 0.25) is 0 Å². The number of rotatable bonds is 0. The fourth-order valence-corrected chi connectivity index (χ4v) is 2.28. The Morgan fingerprint density at radius 3 is 2.81 bits per heavy atom. The highest BCUT2D eigenvalue weighted by Crippen LogP contribution is 2.23. The SMILES string of the molecule is Cc1cc(=O)c2c3ccccc3n(C)c2[nH]1. The van der Waals surface area contributed by atoms with Gasteiger partial charge in [-0.3, -0.25) is 4.79 Å². The number of H-pyrrole nitrogens is 1.